The van der Waals surface area contributed by atoms with Crippen LogP contribution in [0.4, 0.5) is 16.6 Å². The molecule has 106 valence electrons. The zero-order valence-corrected chi connectivity index (χ0v) is 12.6. The number of hydrogen-bond donors (Lipinski definition) is 2. The van der Waals surface area contributed by atoms with E-state index in [0.29, 0.717) is 16.0 Å². The first kappa shape index (κ1) is 13.8. The smallest absolute Gasteiger partial charge is 0.223 e. The molecule has 21 heavy (non-hydrogen) atoms. The second-order valence-electron chi connectivity index (χ2n) is 4.35. The van der Waals surface area contributed by atoms with Crippen LogP contribution in [-0.4, -0.2) is 15.9 Å². The van der Waals surface area contributed by atoms with Gasteiger partial charge in [-0.25, -0.2) is 9.97 Å². The minimum Gasteiger partial charge on any atom is -0.340 e. The first-order valence-corrected chi connectivity index (χ1v) is 7.37. The number of pyridine rings is 1. The number of aromatic nitrogens is 2. The fourth-order valence-electron chi connectivity index (χ4n) is 1.77. The average Bonchev–Trinajstić information content (AvgIpc) is 2.82. The van der Waals surface area contributed by atoms with Crippen molar-refractivity contribution in [1.29, 1.82) is 0 Å². The predicted octanol–water partition coefficient (Wildman–Crippen LogP) is 4.05. The van der Waals surface area contributed by atoms with Gasteiger partial charge in [-0.1, -0.05) is 22.9 Å². The highest BCUT2D eigenvalue weighted by molar-refractivity contribution is 7.21. The summed E-state index contributed by atoms with van der Waals surface area (Å²) in [5.74, 6) is 0.566. The maximum Gasteiger partial charge on any atom is 0.223 e. The SMILES string of the molecule is CC(=O)Nc1nc2ccc(Nc3ccc(Cl)cc3)nc2s1. The molecule has 2 heterocycles. The molecular weight excluding hydrogens is 308 g/mol. The number of nitrogens with zero attached hydrogens (tertiary/aromatic N) is 2. The molecule has 1 aromatic carbocycles. The minimum absolute atomic E-state index is 0.145. The van der Waals surface area contributed by atoms with Gasteiger partial charge in [-0.05, 0) is 36.4 Å². The third-order valence-electron chi connectivity index (χ3n) is 2.66. The summed E-state index contributed by atoms with van der Waals surface area (Å²) in [6.45, 7) is 1.45. The molecule has 7 heteroatoms. The van der Waals surface area contributed by atoms with Gasteiger partial charge in [0, 0.05) is 17.6 Å². The molecule has 2 aromatic heterocycles. The Kier molecular flexibility index (Phi) is 3.72. The summed E-state index contributed by atoms with van der Waals surface area (Å²) in [5, 5.41) is 7.09. The van der Waals surface area contributed by atoms with Crippen molar-refractivity contribution >= 4 is 55.8 Å². The van der Waals surface area contributed by atoms with Gasteiger partial charge in [0.2, 0.25) is 5.91 Å². The second-order valence-corrected chi connectivity index (χ2v) is 5.77. The van der Waals surface area contributed by atoms with E-state index >= 15 is 0 Å². The highest BCUT2D eigenvalue weighted by Gasteiger charge is 2.07. The van der Waals surface area contributed by atoms with E-state index in [4.69, 9.17) is 11.6 Å². The third-order valence-corrected chi connectivity index (χ3v) is 3.79. The van der Waals surface area contributed by atoms with Crippen LogP contribution >= 0.6 is 22.9 Å². The van der Waals surface area contributed by atoms with Crippen LogP contribution in [0.1, 0.15) is 6.92 Å². The molecule has 0 aliphatic heterocycles. The van der Waals surface area contributed by atoms with Crippen molar-refractivity contribution in [2.24, 2.45) is 0 Å². The standard InChI is InChI=1S/C14H11ClN4OS/c1-8(20)16-14-18-11-6-7-12(19-13(11)21-14)17-10-4-2-9(15)3-5-10/h2-7H,1H3,(H,17,19)(H,16,18,20). The maximum atomic E-state index is 11.0. The van der Waals surface area contributed by atoms with E-state index in [1.54, 1.807) is 0 Å². The van der Waals surface area contributed by atoms with Gasteiger partial charge >= 0.3 is 0 Å². The summed E-state index contributed by atoms with van der Waals surface area (Å²) < 4.78 is 0. The Morgan fingerprint density at radius 3 is 2.62 bits per heavy atom. The fraction of sp³-hybridized carbons (Fsp3) is 0.0714. The zero-order valence-electron chi connectivity index (χ0n) is 11.1. The number of rotatable bonds is 3. The first-order chi connectivity index (χ1) is 10.1. The molecule has 0 radical (unpaired) electrons. The van der Waals surface area contributed by atoms with Crippen molar-refractivity contribution in [1.82, 2.24) is 9.97 Å². The van der Waals surface area contributed by atoms with Crippen molar-refractivity contribution in [3.63, 3.8) is 0 Å². The summed E-state index contributed by atoms with van der Waals surface area (Å²) in [6, 6.07) is 11.1. The highest BCUT2D eigenvalue weighted by atomic mass is 35.5. The molecule has 0 unspecified atom stereocenters. The molecule has 0 aliphatic carbocycles. The van der Waals surface area contributed by atoms with Gasteiger partial charge in [-0.3, -0.25) is 4.79 Å². The van der Waals surface area contributed by atoms with E-state index in [-0.39, 0.29) is 5.91 Å². The lowest BCUT2D eigenvalue weighted by Gasteiger charge is -2.04. The van der Waals surface area contributed by atoms with E-state index in [9.17, 15) is 4.79 Å². The number of nitrogens with one attached hydrogen (secondary N) is 2. The largest absolute Gasteiger partial charge is 0.340 e. The van der Waals surface area contributed by atoms with Gasteiger partial charge in [0.05, 0.1) is 0 Å². The van der Waals surface area contributed by atoms with Gasteiger partial charge in [0.25, 0.3) is 0 Å². The zero-order chi connectivity index (χ0) is 14.8. The van der Waals surface area contributed by atoms with Crippen LogP contribution < -0.4 is 10.6 Å². The van der Waals surface area contributed by atoms with Crippen LogP contribution in [0.3, 0.4) is 0 Å². The lowest BCUT2D eigenvalue weighted by Crippen LogP contribution is -2.04. The number of amides is 1. The Balaban J connectivity index is 1.86. The lowest BCUT2D eigenvalue weighted by molar-refractivity contribution is -0.114. The van der Waals surface area contributed by atoms with E-state index in [1.807, 2.05) is 36.4 Å². The van der Waals surface area contributed by atoms with Crippen molar-refractivity contribution in [3.05, 3.63) is 41.4 Å². The number of hydrogen-bond acceptors (Lipinski definition) is 5. The van der Waals surface area contributed by atoms with Crippen molar-refractivity contribution in [3.8, 4) is 0 Å². The molecule has 0 saturated carbocycles. The monoisotopic (exact) mass is 318 g/mol. The molecule has 0 fully saturated rings. The molecule has 0 saturated heterocycles. The molecule has 0 aliphatic rings. The molecule has 0 spiro atoms. The molecule has 2 N–H and O–H groups in total. The Bertz CT molecular complexity index is 800. The summed E-state index contributed by atoms with van der Waals surface area (Å²) >= 11 is 7.19. The Hall–Kier alpha value is -2.18. The average molecular weight is 319 g/mol. The normalized spacial score (nSPS) is 10.6. The summed E-state index contributed by atoms with van der Waals surface area (Å²) in [5.41, 5.74) is 1.66. The maximum absolute atomic E-state index is 11.0. The molecule has 0 bridgehead atoms. The van der Waals surface area contributed by atoms with E-state index in [1.165, 1.54) is 18.3 Å². The number of carbonyl (C=O) groups is 1. The summed E-state index contributed by atoms with van der Waals surface area (Å²) in [7, 11) is 0. The van der Waals surface area contributed by atoms with Gasteiger partial charge < -0.3 is 10.6 Å². The van der Waals surface area contributed by atoms with Crippen molar-refractivity contribution in [2.45, 2.75) is 6.92 Å². The van der Waals surface area contributed by atoms with Crippen LogP contribution in [0.15, 0.2) is 36.4 Å². The van der Waals surface area contributed by atoms with Crippen LogP contribution in [0.25, 0.3) is 10.3 Å². The van der Waals surface area contributed by atoms with Gasteiger partial charge in [0.1, 0.15) is 16.2 Å². The predicted molar refractivity (Wildman–Crippen MR) is 86.5 cm³/mol. The van der Waals surface area contributed by atoms with Crippen molar-refractivity contribution in [2.75, 3.05) is 10.6 Å². The highest BCUT2D eigenvalue weighted by Crippen LogP contribution is 2.26. The van der Waals surface area contributed by atoms with Gasteiger partial charge in [0.15, 0.2) is 5.13 Å². The van der Waals surface area contributed by atoms with E-state index < -0.39 is 0 Å². The number of fused-ring (bicyclic) bond motifs is 1. The summed E-state index contributed by atoms with van der Waals surface area (Å²) in [6.07, 6.45) is 0. The van der Waals surface area contributed by atoms with Crippen LogP contribution in [-0.2, 0) is 4.79 Å². The topological polar surface area (TPSA) is 66.9 Å². The first-order valence-electron chi connectivity index (χ1n) is 6.18. The molecule has 5 nitrogen and oxygen atoms in total. The second kappa shape index (κ2) is 5.67. The van der Waals surface area contributed by atoms with E-state index in [0.717, 1.165) is 16.0 Å². The number of anilines is 3. The molecule has 3 rings (SSSR count). The Morgan fingerprint density at radius 2 is 1.90 bits per heavy atom. The molecule has 1 amide bonds. The number of thiazole rings is 1. The number of carbonyl (C=O) groups excluding carboxylic acids is 1. The van der Waals surface area contributed by atoms with E-state index in [2.05, 4.69) is 20.6 Å². The van der Waals surface area contributed by atoms with Crippen LogP contribution in [0.2, 0.25) is 5.02 Å². The number of benzene rings is 1. The lowest BCUT2D eigenvalue weighted by atomic mass is 10.3. The Labute approximate surface area is 130 Å². The minimum atomic E-state index is -0.145. The summed E-state index contributed by atoms with van der Waals surface area (Å²) in [4.78, 5) is 20.6. The van der Waals surface area contributed by atoms with Gasteiger partial charge in [-0.2, -0.15) is 0 Å². The number of halogens is 1. The van der Waals surface area contributed by atoms with Crippen LogP contribution in [0, 0.1) is 0 Å². The fourth-order valence-corrected chi connectivity index (χ4v) is 2.78. The van der Waals surface area contributed by atoms with Crippen LogP contribution in [0.5, 0.6) is 0 Å². The van der Waals surface area contributed by atoms with Crippen molar-refractivity contribution < 1.29 is 4.79 Å². The molecule has 0 atom stereocenters. The molecular formula is C14H11ClN4OS. The molecule has 3 aromatic rings. The Morgan fingerprint density at radius 1 is 1.14 bits per heavy atom. The van der Waals surface area contributed by atoms with Gasteiger partial charge in [-0.15, -0.1) is 0 Å². The third kappa shape index (κ3) is 3.29. The quantitative estimate of drug-likeness (QED) is 0.764.